The van der Waals surface area contributed by atoms with Gasteiger partial charge in [-0.1, -0.05) is 30.3 Å². The highest BCUT2D eigenvalue weighted by Crippen LogP contribution is 2.35. The summed E-state index contributed by atoms with van der Waals surface area (Å²) in [5, 5.41) is 9.01. The van der Waals surface area contributed by atoms with Gasteiger partial charge in [-0.2, -0.15) is 13.2 Å². The third-order valence-electron chi connectivity index (χ3n) is 3.43. The number of pyridine rings is 1. The molecule has 1 aromatic carbocycles. The van der Waals surface area contributed by atoms with E-state index in [0.29, 0.717) is 5.56 Å². The molecular formula is C15H12F3N3O2. The second-order valence-corrected chi connectivity index (χ2v) is 4.92. The lowest BCUT2D eigenvalue weighted by Gasteiger charge is -2.11. The molecule has 2 N–H and O–H groups in total. The van der Waals surface area contributed by atoms with Crippen LogP contribution in [0.1, 0.15) is 5.56 Å². The number of H-pyrrole nitrogens is 1. The summed E-state index contributed by atoms with van der Waals surface area (Å²) >= 11 is 0. The topological polar surface area (TPSA) is 70.9 Å². The van der Waals surface area contributed by atoms with Gasteiger partial charge < -0.3 is 10.1 Å². The van der Waals surface area contributed by atoms with Crippen LogP contribution in [0.5, 0.6) is 0 Å². The molecule has 0 aliphatic heterocycles. The molecule has 0 aliphatic carbocycles. The van der Waals surface area contributed by atoms with Crippen molar-refractivity contribution in [3.63, 3.8) is 0 Å². The number of rotatable bonds is 3. The fraction of sp³-hybridized carbons (Fsp3) is 0.200. The first-order valence-electron chi connectivity index (χ1n) is 6.79. The Morgan fingerprint density at radius 2 is 1.91 bits per heavy atom. The number of aromatic amines is 1. The zero-order chi connectivity index (χ0) is 16.6. The number of benzene rings is 1. The molecule has 5 nitrogen and oxygen atoms in total. The van der Waals surface area contributed by atoms with Gasteiger partial charge >= 0.3 is 11.9 Å². The van der Waals surface area contributed by atoms with Crippen LogP contribution in [-0.4, -0.2) is 26.2 Å². The van der Waals surface area contributed by atoms with Crippen molar-refractivity contribution in [3.8, 4) is 11.3 Å². The Balaban J connectivity index is 2.36. The molecule has 8 heteroatoms. The van der Waals surface area contributed by atoms with Gasteiger partial charge in [0, 0.05) is 5.56 Å². The summed E-state index contributed by atoms with van der Waals surface area (Å²) in [5.74, 6) is 0. The lowest BCUT2D eigenvalue weighted by molar-refractivity contribution is -0.136. The molecule has 0 aliphatic rings. The summed E-state index contributed by atoms with van der Waals surface area (Å²) < 4.78 is 41.0. The first kappa shape index (κ1) is 15.3. The van der Waals surface area contributed by atoms with Gasteiger partial charge in [-0.3, -0.25) is 4.57 Å². The summed E-state index contributed by atoms with van der Waals surface area (Å²) in [7, 11) is 0. The first-order valence-corrected chi connectivity index (χ1v) is 6.79. The SMILES string of the molecule is O=c1[nH]c2c(C(F)(F)F)cc(-c3ccccc3)nc2n1CCO. The summed E-state index contributed by atoms with van der Waals surface area (Å²) in [6, 6.07) is 9.30. The van der Waals surface area contributed by atoms with E-state index in [1.165, 1.54) is 0 Å². The summed E-state index contributed by atoms with van der Waals surface area (Å²) in [5.41, 5.74) is -1.60. The van der Waals surface area contributed by atoms with Crippen molar-refractivity contribution in [3.05, 3.63) is 52.4 Å². The summed E-state index contributed by atoms with van der Waals surface area (Å²) in [6.07, 6.45) is -4.64. The Bertz CT molecular complexity index is 898. The van der Waals surface area contributed by atoms with Crippen LogP contribution in [0, 0.1) is 0 Å². The Morgan fingerprint density at radius 1 is 1.22 bits per heavy atom. The number of aliphatic hydroxyl groups is 1. The maximum absolute atomic E-state index is 13.3. The molecule has 0 atom stereocenters. The third kappa shape index (κ3) is 2.72. The van der Waals surface area contributed by atoms with Gasteiger partial charge in [-0.05, 0) is 6.07 Å². The van der Waals surface area contributed by atoms with E-state index in [2.05, 4.69) is 9.97 Å². The van der Waals surface area contributed by atoms with E-state index >= 15 is 0 Å². The van der Waals surface area contributed by atoms with Crippen LogP contribution in [0.4, 0.5) is 13.2 Å². The van der Waals surface area contributed by atoms with Crippen molar-refractivity contribution < 1.29 is 18.3 Å². The van der Waals surface area contributed by atoms with Crippen LogP contribution >= 0.6 is 0 Å². The fourth-order valence-corrected chi connectivity index (χ4v) is 2.41. The first-order chi connectivity index (χ1) is 10.9. The number of aliphatic hydroxyl groups excluding tert-OH is 1. The molecule has 0 bridgehead atoms. The lowest BCUT2D eigenvalue weighted by Crippen LogP contribution is -2.18. The van der Waals surface area contributed by atoms with Gasteiger partial charge in [0.1, 0.15) is 0 Å². The van der Waals surface area contributed by atoms with Crippen LogP contribution < -0.4 is 5.69 Å². The minimum Gasteiger partial charge on any atom is -0.395 e. The Labute approximate surface area is 128 Å². The maximum Gasteiger partial charge on any atom is 0.418 e. The molecule has 3 aromatic rings. The van der Waals surface area contributed by atoms with Crippen molar-refractivity contribution in [1.29, 1.82) is 0 Å². The van der Waals surface area contributed by atoms with Gasteiger partial charge in [-0.25, -0.2) is 9.78 Å². The molecule has 0 saturated carbocycles. The number of imidazole rings is 1. The second kappa shape index (κ2) is 5.54. The number of halogens is 3. The largest absolute Gasteiger partial charge is 0.418 e. The van der Waals surface area contributed by atoms with Crippen LogP contribution in [0.25, 0.3) is 22.4 Å². The predicted molar refractivity (Wildman–Crippen MR) is 77.9 cm³/mol. The molecule has 23 heavy (non-hydrogen) atoms. The molecular weight excluding hydrogens is 311 g/mol. The lowest BCUT2D eigenvalue weighted by atomic mass is 10.1. The number of alkyl halides is 3. The smallest absolute Gasteiger partial charge is 0.395 e. The van der Waals surface area contributed by atoms with Gasteiger partial charge in [0.15, 0.2) is 5.65 Å². The van der Waals surface area contributed by atoms with Crippen molar-refractivity contribution in [2.75, 3.05) is 6.61 Å². The van der Waals surface area contributed by atoms with E-state index in [1.54, 1.807) is 30.3 Å². The normalized spacial score (nSPS) is 12.0. The van der Waals surface area contributed by atoms with E-state index in [0.717, 1.165) is 10.6 Å². The molecule has 0 fully saturated rings. The number of fused-ring (bicyclic) bond motifs is 1. The van der Waals surface area contributed by atoms with E-state index in [9.17, 15) is 18.0 Å². The molecule has 0 amide bonds. The van der Waals surface area contributed by atoms with Crippen molar-refractivity contribution in [2.24, 2.45) is 0 Å². The van der Waals surface area contributed by atoms with Crippen molar-refractivity contribution in [2.45, 2.75) is 12.7 Å². The van der Waals surface area contributed by atoms with Crippen LogP contribution in [-0.2, 0) is 12.7 Å². The zero-order valence-electron chi connectivity index (χ0n) is 11.8. The van der Waals surface area contributed by atoms with Gasteiger partial charge in [0.25, 0.3) is 0 Å². The van der Waals surface area contributed by atoms with Gasteiger partial charge in [0.05, 0.1) is 29.9 Å². The molecule has 0 radical (unpaired) electrons. The van der Waals surface area contributed by atoms with Crippen molar-refractivity contribution in [1.82, 2.24) is 14.5 Å². The number of nitrogens with zero attached hydrogens (tertiary/aromatic N) is 2. The molecule has 3 rings (SSSR count). The highest BCUT2D eigenvalue weighted by molar-refractivity contribution is 5.80. The second-order valence-electron chi connectivity index (χ2n) is 4.92. The maximum atomic E-state index is 13.3. The molecule has 2 aromatic heterocycles. The number of hydrogen-bond acceptors (Lipinski definition) is 3. The summed E-state index contributed by atoms with van der Waals surface area (Å²) in [4.78, 5) is 18.2. The van der Waals surface area contributed by atoms with E-state index in [-0.39, 0.29) is 30.0 Å². The van der Waals surface area contributed by atoms with E-state index in [4.69, 9.17) is 5.11 Å². The monoisotopic (exact) mass is 323 g/mol. The quantitative estimate of drug-likeness (QED) is 0.777. The average molecular weight is 323 g/mol. The zero-order valence-corrected chi connectivity index (χ0v) is 11.8. The van der Waals surface area contributed by atoms with Gasteiger partial charge in [0.2, 0.25) is 0 Å². The number of hydrogen-bond donors (Lipinski definition) is 2. The van der Waals surface area contributed by atoms with Crippen LogP contribution in [0.2, 0.25) is 0 Å². The number of nitrogens with one attached hydrogen (secondary N) is 1. The highest BCUT2D eigenvalue weighted by atomic mass is 19.4. The van der Waals surface area contributed by atoms with Crippen LogP contribution in [0.3, 0.4) is 0 Å². The van der Waals surface area contributed by atoms with E-state index in [1.807, 2.05) is 0 Å². The molecule has 0 saturated heterocycles. The number of aromatic nitrogens is 3. The molecule has 2 heterocycles. The Kier molecular flexibility index (Phi) is 3.69. The average Bonchev–Trinajstić information content (AvgIpc) is 2.83. The van der Waals surface area contributed by atoms with Gasteiger partial charge in [-0.15, -0.1) is 0 Å². The standard InChI is InChI=1S/C15H12F3N3O2/c16-15(17,18)10-8-11(9-4-2-1-3-5-9)19-13-12(10)20-14(23)21(13)6-7-22/h1-5,8,22H,6-7H2,(H,20,23). The Morgan fingerprint density at radius 3 is 2.52 bits per heavy atom. The predicted octanol–water partition coefficient (Wildman–Crippen LogP) is 2.40. The molecule has 0 unspecified atom stereocenters. The molecule has 120 valence electrons. The van der Waals surface area contributed by atoms with E-state index < -0.39 is 17.4 Å². The summed E-state index contributed by atoms with van der Waals surface area (Å²) in [6.45, 7) is -0.521. The Hall–Kier alpha value is -2.61. The minimum absolute atomic E-state index is 0.108. The minimum atomic E-state index is -4.64. The van der Waals surface area contributed by atoms with Crippen molar-refractivity contribution >= 4 is 11.2 Å². The fourth-order valence-electron chi connectivity index (χ4n) is 2.41. The molecule has 0 spiro atoms. The van der Waals surface area contributed by atoms with Crippen LogP contribution in [0.15, 0.2) is 41.2 Å². The highest BCUT2D eigenvalue weighted by Gasteiger charge is 2.35. The third-order valence-corrected chi connectivity index (χ3v) is 3.43.